The zero-order valence-electron chi connectivity index (χ0n) is 17.0. The summed E-state index contributed by atoms with van der Waals surface area (Å²) in [5.41, 5.74) is 0.421. The quantitative estimate of drug-likeness (QED) is 0.133. The first-order chi connectivity index (χ1) is 15.6. The number of thiocarbonyl (C=S) groups is 1. The molecule has 33 heavy (non-hydrogen) atoms. The molecular weight excluding hydrogens is 511 g/mol. The summed E-state index contributed by atoms with van der Waals surface area (Å²) in [5, 5.41) is 20.7. The zero-order chi connectivity index (χ0) is 24.2. The fourth-order valence-electron chi connectivity index (χ4n) is 3.03. The van der Waals surface area contributed by atoms with E-state index in [4.69, 9.17) is 51.8 Å². The van der Waals surface area contributed by atoms with Gasteiger partial charge in [0, 0.05) is 17.7 Å². The highest BCUT2D eigenvalue weighted by Crippen LogP contribution is 2.31. The molecule has 0 saturated heterocycles. The van der Waals surface area contributed by atoms with Gasteiger partial charge in [-0.3, -0.25) is 14.9 Å². The van der Waals surface area contributed by atoms with E-state index < -0.39 is 20.8 Å². The fourth-order valence-corrected chi connectivity index (χ4v) is 3.58. The number of benzene rings is 3. The second kappa shape index (κ2) is 10.4. The van der Waals surface area contributed by atoms with E-state index in [1.807, 2.05) is 30.3 Å². The summed E-state index contributed by atoms with van der Waals surface area (Å²) >= 11 is 23.5. The van der Waals surface area contributed by atoms with Crippen molar-refractivity contribution in [2.75, 3.05) is 12.4 Å². The van der Waals surface area contributed by atoms with Gasteiger partial charge in [-0.05, 0) is 35.1 Å². The topological polar surface area (TPSA) is 106 Å². The summed E-state index contributed by atoms with van der Waals surface area (Å²) in [7, 11) is 1.40. The number of anilines is 1. The Hall–Kier alpha value is -2.85. The molecule has 12 heteroatoms. The number of alkyl halides is 3. The lowest BCUT2D eigenvalue weighted by molar-refractivity contribution is -0.384. The second-order valence-corrected chi connectivity index (χ2v) is 9.49. The molecule has 3 aromatic rings. The standard InChI is InChI=1S/C21H17Cl3N4O4S/c1-32-17-10-9-13(28(30)31)11-16(17)25-20(33)27-19(21(22,23)24)26-18(29)15-8-4-6-12-5-2-3-7-14(12)15/h2-11,19H,1H3,(H,26,29)(H2,25,27,33)/t19-/m1/s1. The Morgan fingerprint density at radius 3 is 2.45 bits per heavy atom. The lowest BCUT2D eigenvalue weighted by atomic mass is 10.0. The van der Waals surface area contributed by atoms with E-state index >= 15 is 0 Å². The van der Waals surface area contributed by atoms with E-state index in [0.717, 1.165) is 10.8 Å². The molecule has 0 unspecified atom stereocenters. The first kappa shape index (κ1) is 24.8. The SMILES string of the molecule is COc1ccc([N+](=O)[O-])cc1NC(=S)N[C@@H](NC(=O)c1cccc2ccccc12)C(Cl)(Cl)Cl. The predicted molar refractivity (Wildman–Crippen MR) is 134 cm³/mol. The minimum absolute atomic E-state index is 0.0663. The maximum Gasteiger partial charge on any atom is 0.271 e. The van der Waals surface area contributed by atoms with Crippen molar-refractivity contribution in [3.8, 4) is 5.75 Å². The summed E-state index contributed by atoms with van der Waals surface area (Å²) in [6.45, 7) is 0. The highest BCUT2D eigenvalue weighted by molar-refractivity contribution is 7.80. The van der Waals surface area contributed by atoms with E-state index in [1.54, 1.807) is 12.1 Å². The molecule has 0 aliphatic heterocycles. The number of methoxy groups -OCH3 is 1. The highest BCUT2D eigenvalue weighted by Gasteiger charge is 2.35. The number of nitrogens with one attached hydrogen (secondary N) is 3. The number of nitro benzene ring substituents is 1. The van der Waals surface area contributed by atoms with Crippen LogP contribution < -0.4 is 20.7 Å². The molecule has 0 aliphatic carbocycles. The smallest absolute Gasteiger partial charge is 0.271 e. The minimum Gasteiger partial charge on any atom is -0.495 e. The van der Waals surface area contributed by atoms with Crippen LogP contribution in [0.4, 0.5) is 11.4 Å². The van der Waals surface area contributed by atoms with Gasteiger partial charge in [0.05, 0.1) is 17.7 Å². The van der Waals surface area contributed by atoms with E-state index in [1.165, 1.54) is 25.3 Å². The van der Waals surface area contributed by atoms with Crippen molar-refractivity contribution < 1.29 is 14.5 Å². The molecule has 1 amide bonds. The maximum absolute atomic E-state index is 13.0. The number of halogens is 3. The van der Waals surface area contributed by atoms with Gasteiger partial charge in [-0.1, -0.05) is 71.2 Å². The van der Waals surface area contributed by atoms with Crippen molar-refractivity contribution in [1.82, 2.24) is 10.6 Å². The number of fused-ring (bicyclic) bond motifs is 1. The Bertz CT molecular complexity index is 1210. The van der Waals surface area contributed by atoms with Crippen LogP contribution in [0.5, 0.6) is 5.75 Å². The van der Waals surface area contributed by atoms with Crippen molar-refractivity contribution in [3.63, 3.8) is 0 Å². The maximum atomic E-state index is 13.0. The fraction of sp³-hybridized carbons (Fsp3) is 0.143. The van der Waals surface area contributed by atoms with Gasteiger partial charge in [-0.25, -0.2) is 0 Å². The van der Waals surface area contributed by atoms with Crippen molar-refractivity contribution >= 4 is 80.2 Å². The van der Waals surface area contributed by atoms with Gasteiger partial charge >= 0.3 is 0 Å². The molecule has 3 aromatic carbocycles. The molecule has 0 aliphatic rings. The Kier molecular flexibility index (Phi) is 7.80. The molecule has 0 bridgehead atoms. The number of carbonyl (C=O) groups excluding carboxylic acids is 1. The molecule has 0 fully saturated rings. The Balaban J connectivity index is 1.80. The summed E-state index contributed by atoms with van der Waals surface area (Å²) in [6.07, 6.45) is -1.24. The van der Waals surface area contributed by atoms with Gasteiger partial charge in [0.15, 0.2) is 5.11 Å². The van der Waals surface area contributed by atoms with Crippen LogP contribution in [0, 0.1) is 10.1 Å². The average Bonchev–Trinajstić information content (AvgIpc) is 2.77. The number of amides is 1. The first-order valence-corrected chi connectivity index (χ1v) is 10.9. The van der Waals surface area contributed by atoms with Crippen LogP contribution in [0.25, 0.3) is 10.8 Å². The van der Waals surface area contributed by atoms with Crippen LogP contribution in [-0.4, -0.2) is 33.0 Å². The van der Waals surface area contributed by atoms with Crippen molar-refractivity contribution in [3.05, 3.63) is 76.3 Å². The number of nitro groups is 1. The van der Waals surface area contributed by atoms with Crippen LogP contribution in [0.1, 0.15) is 10.4 Å². The molecule has 0 saturated carbocycles. The van der Waals surface area contributed by atoms with Crippen LogP contribution in [0.3, 0.4) is 0 Å². The second-order valence-electron chi connectivity index (χ2n) is 6.71. The van der Waals surface area contributed by atoms with Gasteiger partial charge in [0.1, 0.15) is 11.9 Å². The Morgan fingerprint density at radius 1 is 1.09 bits per heavy atom. The number of hydrogen-bond acceptors (Lipinski definition) is 5. The Morgan fingerprint density at radius 2 is 1.79 bits per heavy atom. The molecule has 0 heterocycles. The average molecular weight is 528 g/mol. The van der Waals surface area contributed by atoms with E-state index in [-0.39, 0.29) is 16.5 Å². The largest absolute Gasteiger partial charge is 0.495 e. The summed E-state index contributed by atoms with van der Waals surface area (Å²) < 4.78 is 3.21. The van der Waals surface area contributed by atoms with Crippen LogP contribution in [0.2, 0.25) is 0 Å². The number of hydrogen-bond donors (Lipinski definition) is 3. The number of non-ortho nitro benzene ring substituents is 1. The predicted octanol–water partition coefficient (Wildman–Crippen LogP) is 5.17. The van der Waals surface area contributed by atoms with E-state index in [9.17, 15) is 14.9 Å². The minimum atomic E-state index is -1.99. The number of carbonyl (C=O) groups is 1. The molecule has 0 radical (unpaired) electrons. The molecular formula is C21H17Cl3N4O4S. The van der Waals surface area contributed by atoms with Gasteiger partial charge < -0.3 is 20.7 Å². The summed E-state index contributed by atoms with van der Waals surface area (Å²) in [4.78, 5) is 23.5. The van der Waals surface area contributed by atoms with Crippen LogP contribution >= 0.6 is 47.0 Å². The highest BCUT2D eigenvalue weighted by atomic mass is 35.6. The van der Waals surface area contributed by atoms with E-state index in [2.05, 4.69) is 16.0 Å². The van der Waals surface area contributed by atoms with E-state index in [0.29, 0.717) is 11.3 Å². The summed E-state index contributed by atoms with van der Waals surface area (Å²) in [5.74, 6) is -0.193. The number of rotatable bonds is 6. The van der Waals surface area contributed by atoms with Crippen molar-refractivity contribution in [2.24, 2.45) is 0 Å². The number of ether oxygens (including phenoxy) is 1. The van der Waals surface area contributed by atoms with Gasteiger partial charge in [-0.2, -0.15) is 0 Å². The third-order valence-corrected chi connectivity index (χ3v) is 5.43. The monoisotopic (exact) mass is 526 g/mol. The molecule has 172 valence electrons. The zero-order valence-corrected chi connectivity index (χ0v) is 20.1. The number of nitrogens with zero attached hydrogens (tertiary/aromatic N) is 1. The van der Waals surface area contributed by atoms with Gasteiger partial charge in [0.25, 0.3) is 11.6 Å². The normalized spacial score (nSPS) is 12.0. The van der Waals surface area contributed by atoms with Crippen molar-refractivity contribution in [1.29, 1.82) is 0 Å². The van der Waals surface area contributed by atoms with Crippen LogP contribution in [-0.2, 0) is 0 Å². The lowest BCUT2D eigenvalue weighted by Gasteiger charge is -2.28. The molecule has 0 spiro atoms. The molecule has 8 nitrogen and oxygen atoms in total. The first-order valence-electron chi connectivity index (χ1n) is 9.35. The Labute approximate surface area is 209 Å². The lowest BCUT2D eigenvalue weighted by Crippen LogP contribution is -2.56. The molecule has 0 aromatic heterocycles. The molecule has 3 rings (SSSR count). The van der Waals surface area contributed by atoms with Crippen molar-refractivity contribution in [2.45, 2.75) is 9.96 Å². The van der Waals surface area contributed by atoms with Gasteiger partial charge in [0.2, 0.25) is 3.79 Å². The summed E-state index contributed by atoms with van der Waals surface area (Å²) in [6, 6.07) is 16.6. The van der Waals surface area contributed by atoms with Crippen LogP contribution in [0.15, 0.2) is 60.7 Å². The molecule has 3 N–H and O–H groups in total. The van der Waals surface area contributed by atoms with Gasteiger partial charge in [-0.15, -0.1) is 0 Å². The third kappa shape index (κ3) is 6.14. The molecule has 1 atom stereocenters. The third-order valence-electron chi connectivity index (χ3n) is 4.55.